The topological polar surface area (TPSA) is 85.9 Å². The summed E-state index contributed by atoms with van der Waals surface area (Å²) in [4.78, 5) is 46.8. The quantitative estimate of drug-likeness (QED) is 0.411. The molecule has 194 valence electrons. The largest absolute Gasteiger partial charge is 0.314 e. The summed E-state index contributed by atoms with van der Waals surface area (Å²) >= 11 is 5.96. The Kier molecular flexibility index (Phi) is 9.77. The Balaban J connectivity index is 1.76. The van der Waals surface area contributed by atoms with Gasteiger partial charge in [0.25, 0.3) is 11.8 Å². The monoisotopic (exact) mass is 521 g/mol. The van der Waals surface area contributed by atoms with Crippen molar-refractivity contribution < 1.29 is 14.4 Å². The van der Waals surface area contributed by atoms with E-state index < -0.39 is 11.8 Å². The van der Waals surface area contributed by atoms with E-state index in [1.54, 1.807) is 66.5 Å². The minimum absolute atomic E-state index is 0.0421. The van der Waals surface area contributed by atoms with Crippen LogP contribution in [0.1, 0.15) is 46.0 Å². The number of nitrogens with zero attached hydrogens (tertiary/aromatic N) is 4. The van der Waals surface area contributed by atoms with Gasteiger partial charge in [0.2, 0.25) is 5.91 Å². The molecule has 9 heteroatoms. The molecule has 0 aliphatic carbocycles. The Morgan fingerprint density at radius 2 is 1.70 bits per heavy atom. The number of pyridine rings is 1. The number of hydrazine groups is 1. The highest BCUT2D eigenvalue weighted by atomic mass is 35.5. The van der Waals surface area contributed by atoms with Crippen molar-refractivity contribution in [1.82, 2.24) is 15.3 Å². The third-order valence-electron chi connectivity index (χ3n) is 5.81. The molecule has 0 aliphatic rings. The lowest BCUT2D eigenvalue weighted by molar-refractivity contribution is -0.119. The zero-order valence-electron chi connectivity index (χ0n) is 21.6. The van der Waals surface area contributed by atoms with E-state index in [1.807, 2.05) is 24.9 Å². The van der Waals surface area contributed by atoms with Gasteiger partial charge in [0.05, 0.1) is 11.6 Å². The van der Waals surface area contributed by atoms with Gasteiger partial charge in [-0.3, -0.25) is 24.7 Å². The first-order chi connectivity index (χ1) is 17.7. The molecule has 37 heavy (non-hydrogen) atoms. The zero-order chi connectivity index (χ0) is 26.9. The summed E-state index contributed by atoms with van der Waals surface area (Å²) in [5, 5.41) is 1.51. The molecule has 0 spiro atoms. The molecule has 8 nitrogen and oxygen atoms in total. The van der Waals surface area contributed by atoms with Crippen molar-refractivity contribution in [1.29, 1.82) is 0 Å². The van der Waals surface area contributed by atoms with Gasteiger partial charge in [0, 0.05) is 30.1 Å². The lowest BCUT2D eigenvalue weighted by Gasteiger charge is -2.23. The number of carbonyl (C=O) groups is 3. The van der Waals surface area contributed by atoms with Crippen LogP contribution in [0.25, 0.3) is 0 Å². The van der Waals surface area contributed by atoms with Crippen molar-refractivity contribution in [2.45, 2.75) is 26.7 Å². The van der Waals surface area contributed by atoms with E-state index in [2.05, 4.69) is 17.3 Å². The maximum atomic E-state index is 13.3. The number of carbonyl (C=O) groups excluding carboxylic acids is 3. The maximum absolute atomic E-state index is 13.3. The third-order valence-corrected chi connectivity index (χ3v) is 6.04. The van der Waals surface area contributed by atoms with Crippen LogP contribution in [-0.4, -0.2) is 54.8 Å². The molecule has 0 fully saturated rings. The van der Waals surface area contributed by atoms with Crippen molar-refractivity contribution in [2.75, 3.05) is 37.1 Å². The Bertz CT molecular complexity index is 1230. The number of anilines is 2. The van der Waals surface area contributed by atoms with Crippen molar-refractivity contribution in [3.8, 4) is 0 Å². The molecule has 1 N–H and O–H groups in total. The molecule has 0 saturated carbocycles. The summed E-state index contributed by atoms with van der Waals surface area (Å²) in [6.45, 7) is 5.16. The Morgan fingerprint density at radius 3 is 2.32 bits per heavy atom. The lowest BCUT2D eigenvalue weighted by atomic mass is 10.1. The van der Waals surface area contributed by atoms with Crippen LogP contribution in [0.5, 0.6) is 0 Å². The number of halogens is 1. The van der Waals surface area contributed by atoms with Crippen molar-refractivity contribution in [2.24, 2.45) is 0 Å². The number of aryl methyl sites for hydroxylation is 1. The average Bonchev–Trinajstić information content (AvgIpc) is 2.90. The highest BCUT2D eigenvalue weighted by Crippen LogP contribution is 2.18. The second-order valence-corrected chi connectivity index (χ2v) is 9.31. The molecule has 0 radical (unpaired) electrons. The fourth-order valence-electron chi connectivity index (χ4n) is 3.61. The lowest BCUT2D eigenvalue weighted by Crippen LogP contribution is -2.47. The predicted molar refractivity (Wildman–Crippen MR) is 147 cm³/mol. The van der Waals surface area contributed by atoms with Crippen molar-refractivity contribution >= 4 is 40.8 Å². The molecular weight excluding hydrogens is 490 g/mol. The summed E-state index contributed by atoms with van der Waals surface area (Å²) in [5.74, 6) is -0.767. The van der Waals surface area contributed by atoms with Crippen LogP contribution in [0, 0.1) is 6.92 Å². The molecule has 0 aliphatic heterocycles. The van der Waals surface area contributed by atoms with Gasteiger partial charge in [-0.15, -0.1) is 0 Å². The minimum atomic E-state index is -0.502. The molecule has 0 unspecified atom stereocenters. The van der Waals surface area contributed by atoms with E-state index in [1.165, 1.54) is 6.20 Å². The number of hydrogen-bond donors (Lipinski definition) is 1. The number of likely N-dealkylation sites (N-methyl/N-ethyl adjacent to an activating group) is 2. The van der Waals surface area contributed by atoms with Crippen LogP contribution < -0.4 is 15.3 Å². The Morgan fingerprint density at radius 1 is 0.973 bits per heavy atom. The van der Waals surface area contributed by atoms with Crippen LogP contribution >= 0.6 is 11.6 Å². The van der Waals surface area contributed by atoms with E-state index in [-0.39, 0.29) is 11.7 Å². The van der Waals surface area contributed by atoms with E-state index in [0.717, 1.165) is 30.0 Å². The second kappa shape index (κ2) is 13.0. The normalized spacial score (nSPS) is 10.8. The molecule has 1 aromatic heterocycles. The first-order valence-electron chi connectivity index (χ1n) is 12.1. The number of amides is 3. The molecule has 2 aromatic carbocycles. The van der Waals surface area contributed by atoms with Gasteiger partial charge in [-0.05, 0) is 75.5 Å². The molecule has 0 atom stereocenters. The number of rotatable bonds is 9. The van der Waals surface area contributed by atoms with Gasteiger partial charge in [-0.1, -0.05) is 42.6 Å². The number of benzene rings is 2. The maximum Gasteiger partial charge on any atom is 0.278 e. The molecule has 1 heterocycles. The molecule has 3 amide bonds. The van der Waals surface area contributed by atoms with Crippen LogP contribution in [0.4, 0.5) is 11.5 Å². The fourth-order valence-corrected chi connectivity index (χ4v) is 3.72. The highest BCUT2D eigenvalue weighted by Gasteiger charge is 2.22. The van der Waals surface area contributed by atoms with Gasteiger partial charge in [0.15, 0.2) is 5.82 Å². The first-order valence-corrected chi connectivity index (χ1v) is 12.5. The summed E-state index contributed by atoms with van der Waals surface area (Å²) in [7, 11) is 3.63. The van der Waals surface area contributed by atoms with Crippen molar-refractivity contribution in [3.05, 3.63) is 88.6 Å². The zero-order valence-corrected chi connectivity index (χ0v) is 22.3. The standard InChI is InChI=1S/C28H32ClN5O3/c1-5-6-16-32(3)19-26(35)33(4)24-13-10-21(11-14-24)27(36)31-34(25-15-12-23(29)18-30-25)28(37)22-9-7-8-20(2)17-22/h7-15,17-18H,5-6,16,19H2,1-4H3,(H,31,36). The Labute approximate surface area is 222 Å². The average molecular weight is 522 g/mol. The number of nitrogens with one attached hydrogen (secondary N) is 1. The fraction of sp³-hybridized carbons (Fsp3) is 0.286. The van der Waals surface area contributed by atoms with Crippen LogP contribution in [0.15, 0.2) is 66.9 Å². The molecule has 0 saturated heterocycles. The van der Waals surface area contributed by atoms with Crippen LogP contribution in [0.3, 0.4) is 0 Å². The molecular formula is C28H32ClN5O3. The number of hydrogen-bond acceptors (Lipinski definition) is 5. The smallest absolute Gasteiger partial charge is 0.278 e. The van der Waals surface area contributed by atoms with Gasteiger partial charge in [0.1, 0.15) is 0 Å². The first kappa shape index (κ1) is 27.8. The van der Waals surface area contributed by atoms with Gasteiger partial charge in [-0.25, -0.2) is 4.98 Å². The van der Waals surface area contributed by atoms with Gasteiger partial charge >= 0.3 is 0 Å². The van der Waals surface area contributed by atoms with Crippen LogP contribution in [-0.2, 0) is 4.79 Å². The summed E-state index contributed by atoms with van der Waals surface area (Å²) in [5.41, 5.74) is 4.95. The predicted octanol–water partition coefficient (Wildman–Crippen LogP) is 4.73. The summed E-state index contributed by atoms with van der Waals surface area (Å²) < 4.78 is 0. The van der Waals surface area contributed by atoms with E-state index in [9.17, 15) is 14.4 Å². The van der Waals surface area contributed by atoms with Crippen LogP contribution in [0.2, 0.25) is 5.02 Å². The third kappa shape index (κ3) is 7.62. The van der Waals surface area contributed by atoms with Crippen molar-refractivity contribution in [3.63, 3.8) is 0 Å². The molecule has 3 rings (SSSR count). The Hall–Kier alpha value is -3.75. The minimum Gasteiger partial charge on any atom is -0.314 e. The SMILES string of the molecule is CCCCN(C)CC(=O)N(C)c1ccc(C(=O)NN(C(=O)c2cccc(C)c2)c2ccc(Cl)cn2)cc1. The van der Waals surface area contributed by atoms with Gasteiger partial charge in [-0.2, -0.15) is 5.01 Å². The van der Waals surface area contributed by atoms with Gasteiger partial charge < -0.3 is 4.90 Å². The molecule has 3 aromatic rings. The highest BCUT2D eigenvalue weighted by molar-refractivity contribution is 6.30. The second-order valence-electron chi connectivity index (χ2n) is 8.88. The van der Waals surface area contributed by atoms with E-state index in [0.29, 0.717) is 28.4 Å². The number of unbranched alkanes of at least 4 members (excludes halogenated alkanes) is 1. The van der Waals surface area contributed by atoms with E-state index in [4.69, 9.17) is 11.6 Å². The van der Waals surface area contributed by atoms with E-state index >= 15 is 0 Å². The summed E-state index contributed by atoms with van der Waals surface area (Å²) in [6.07, 6.45) is 3.51. The summed E-state index contributed by atoms with van der Waals surface area (Å²) in [6, 6.07) is 16.8. The number of aromatic nitrogens is 1. The molecule has 0 bridgehead atoms.